The van der Waals surface area contributed by atoms with E-state index < -0.39 is 0 Å². The maximum atomic E-state index is 9.27. The van der Waals surface area contributed by atoms with Gasteiger partial charge in [0.05, 0.1) is 6.61 Å². The lowest BCUT2D eigenvalue weighted by atomic mass is 9.96. The van der Waals surface area contributed by atoms with Crippen LogP contribution in [0.5, 0.6) is 0 Å². The van der Waals surface area contributed by atoms with E-state index in [2.05, 4.69) is 28.9 Å². The molecule has 106 valence electrons. The van der Waals surface area contributed by atoms with Crippen molar-refractivity contribution in [3.05, 3.63) is 23.4 Å². The molecule has 0 atom stereocenters. The number of hydrogen-bond donors (Lipinski definition) is 1. The molecule has 2 heterocycles. The van der Waals surface area contributed by atoms with Gasteiger partial charge in [-0.15, -0.1) is 0 Å². The number of pyridine rings is 1. The third kappa shape index (κ3) is 3.91. The van der Waals surface area contributed by atoms with Crippen LogP contribution < -0.4 is 4.90 Å². The van der Waals surface area contributed by atoms with Gasteiger partial charge < -0.3 is 14.9 Å². The average Bonchev–Trinajstić information content (AvgIpc) is 2.40. The van der Waals surface area contributed by atoms with Crippen LogP contribution in [0.25, 0.3) is 0 Å². The van der Waals surface area contributed by atoms with Crippen molar-refractivity contribution in [3.8, 4) is 0 Å². The zero-order valence-corrected chi connectivity index (χ0v) is 12.3. The first-order chi connectivity index (χ1) is 9.08. The third-order valence-corrected chi connectivity index (χ3v) is 3.94. The van der Waals surface area contributed by atoms with E-state index >= 15 is 0 Å². The predicted octanol–water partition coefficient (Wildman–Crippen LogP) is 1.66. The fraction of sp³-hybridized carbons (Fsp3) is 0.667. The third-order valence-electron chi connectivity index (χ3n) is 3.94. The number of piperidine rings is 1. The second-order valence-corrected chi connectivity index (χ2v) is 5.76. The van der Waals surface area contributed by atoms with E-state index in [9.17, 15) is 5.11 Å². The second-order valence-electron chi connectivity index (χ2n) is 5.76. The first kappa shape index (κ1) is 14.3. The Morgan fingerprint density at radius 2 is 2.05 bits per heavy atom. The summed E-state index contributed by atoms with van der Waals surface area (Å²) in [5.74, 6) is 1.73. The molecule has 1 fully saturated rings. The number of aliphatic hydroxyl groups excluding tert-OH is 1. The van der Waals surface area contributed by atoms with Crippen LogP contribution in [0, 0.1) is 12.8 Å². The maximum Gasteiger partial charge on any atom is 0.128 e. The smallest absolute Gasteiger partial charge is 0.128 e. The van der Waals surface area contributed by atoms with E-state index in [1.165, 1.54) is 25.9 Å². The lowest BCUT2D eigenvalue weighted by molar-refractivity contribution is 0.222. The van der Waals surface area contributed by atoms with Gasteiger partial charge in [-0.2, -0.15) is 0 Å². The van der Waals surface area contributed by atoms with Crippen LogP contribution in [0.15, 0.2) is 12.1 Å². The van der Waals surface area contributed by atoms with Crippen molar-refractivity contribution in [1.29, 1.82) is 0 Å². The minimum atomic E-state index is 0.0818. The molecule has 0 unspecified atom stereocenters. The molecule has 19 heavy (non-hydrogen) atoms. The van der Waals surface area contributed by atoms with Crippen LogP contribution in [0.4, 0.5) is 5.82 Å². The standard InChI is InChI=1S/C15H25N3O/c1-12-8-14(11-19)9-15(16-12)18(3)10-13-4-6-17(2)7-5-13/h8-9,13,19H,4-7,10-11H2,1-3H3. The van der Waals surface area contributed by atoms with E-state index in [-0.39, 0.29) is 6.61 Å². The monoisotopic (exact) mass is 263 g/mol. The molecule has 0 aromatic carbocycles. The van der Waals surface area contributed by atoms with Gasteiger partial charge in [-0.3, -0.25) is 0 Å². The average molecular weight is 263 g/mol. The van der Waals surface area contributed by atoms with E-state index in [1.54, 1.807) is 0 Å². The molecule has 0 aliphatic carbocycles. The largest absolute Gasteiger partial charge is 0.392 e. The van der Waals surface area contributed by atoms with Gasteiger partial charge in [0.1, 0.15) is 5.82 Å². The number of rotatable bonds is 4. The Balaban J connectivity index is 1.99. The van der Waals surface area contributed by atoms with E-state index in [0.29, 0.717) is 0 Å². The summed E-state index contributed by atoms with van der Waals surface area (Å²) in [7, 11) is 4.29. The van der Waals surface area contributed by atoms with E-state index in [0.717, 1.165) is 29.5 Å². The molecule has 1 aliphatic rings. The summed E-state index contributed by atoms with van der Waals surface area (Å²) in [6, 6.07) is 3.93. The summed E-state index contributed by atoms with van der Waals surface area (Å²) in [4.78, 5) is 9.19. The Morgan fingerprint density at radius 1 is 1.37 bits per heavy atom. The fourth-order valence-corrected chi connectivity index (χ4v) is 2.73. The zero-order chi connectivity index (χ0) is 13.8. The van der Waals surface area contributed by atoms with Crippen molar-refractivity contribution in [2.24, 2.45) is 5.92 Å². The highest BCUT2D eigenvalue weighted by Crippen LogP contribution is 2.20. The van der Waals surface area contributed by atoms with Crippen molar-refractivity contribution in [1.82, 2.24) is 9.88 Å². The molecule has 4 heteroatoms. The molecule has 0 saturated carbocycles. The molecule has 0 bridgehead atoms. The quantitative estimate of drug-likeness (QED) is 0.897. The van der Waals surface area contributed by atoms with Crippen LogP contribution in [0.3, 0.4) is 0 Å². The van der Waals surface area contributed by atoms with Crippen molar-refractivity contribution < 1.29 is 5.11 Å². The van der Waals surface area contributed by atoms with E-state index in [1.807, 2.05) is 19.1 Å². The van der Waals surface area contributed by atoms with Crippen LogP contribution in [0.2, 0.25) is 0 Å². The van der Waals surface area contributed by atoms with Gasteiger partial charge in [0.15, 0.2) is 0 Å². The SMILES string of the molecule is Cc1cc(CO)cc(N(C)CC2CCN(C)CC2)n1. The summed E-state index contributed by atoms with van der Waals surface area (Å²) in [6.07, 6.45) is 2.53. The number of aliphatic hydroxyl groups is 1. The summed E-state index contributed by atoms with van der Waals surface area (Å²) in [6.45, 7) is 5.50. The summed E-state index contributed by atoms with van der Waals surface area (Å²) in [5, 5.41) is 9.27. The number of anilines is 1. The Bertz CT molecular complexity index is 414. The molecule has 4 nitrogen and oxygen atoms in total. The lowest BCUT2D eigenvalue weighted by Gasteiger charge is -2.32. The van der Waals surface area contributed by atoms with Crippen molar-refractivity contribution in [2.45, 2.75) is 26.4 Å². The highest BCUT2D eigenvalue weighted by molar-refractivity contribution is 5.41. The molecule has 2 rings (SSSR count). The molecule has 1 aliphatic heterocycles. The number of nitrogens with zero attached hydrogens (tertiary/aromatic N) is 3. The molecule has 0 radical (unpaired) electrons. The summed E-state index contributed by atoms with van der Waals surface area (Å²) >= 11 is 0. The van der Waals surface area contributed by atoms with Crippen LogP contribution in [-0.4, -0.2) is 48.7 Å². The van der Waals surface area contributed by atoms with Crippen molar-refractivity contribution in [2.75, 3.05) is 38.6 Å². The number of hydrogen-bond acceptors (Lipinski definition) is 4. The van der Waals surface area contributed by atoms with E-state index in [4.69, 9.17) is 0 Å². The van der Waals surface area contributed by atoms with Gasteiger partial charge in [0.25, 0.3) is 0 Å². The maximum absolute atomic E-state index is 9.27. The molecule has 1 aromatic heterocycles. The molecular formula is C15H25N3O. The van der Waals surface area contributed by atoms with Gasteiger partial charge in [-0.1, -0.05) is 0 Å². The lowest BCUT2D eigenvalue weighted by Crippen LogP contribution is -2.36. The summed E-state index contributed by atoms with van der Waals surface area (Å²) < 4.78 is 0. The van der Waals surface area contributed by atoms with Crippen molar-refractivity contribution >= 4 is 5.82 Å². The minimum Gasteiger partial charge on any atom is -0.392 e. The minimum absolute atomic E-state index is 0.0818. The van der Waals surface area contributed by atoms with Gasteiger partial charge >= 0.3 is 0 Å². The first-order valence-corrected chi connectivity index (χ1v) is 7.06. The first-order valence-electron chi connectivity index (χ1n) is 7.06. The van der Waals surface area contributed by atoms with Crippen LogP contribution in [0.1, 0.15) is 24.1 Å². The van der Waals surface area contributed by atoms with Crippen molar-refractivity contribution in [3.63, 3.8) is 0 Å². The summed E-state index contributed by atoms with van der Waals surface area (Å²) in [5.41, 5.74) is 1.91. The number of aryl methyl sites for hydroxylation is 1. The molecule has 1 N–H and O–H groups in total. The van der Waals surface area contributed by atoms with Gasteiger partial charge in [-0.05, 0) is 63.5 Å². The van der Waals surface area contributed by atoms with Gasteiger partial charge in [0.2, 0.25) is 0 Å². The van der Waals surface area contributed by atoms with Crippen LogP contribution >= 0.6 is 0 Å². The Labute approximate surface area is 116 Å². The molecule has 1 saturated heterocycles. The second kappa shape index (κ2) is 6.35. The predicted molar refractivity (Wildman–Crippen MR) is 78.4 cm³/mol. The Hall–Kier alpha value is -1.13. The number of aromatic nitrogens is 1. The van der Waals surface area contributed by atoms with Gasteiger partial charge in [-0.25, -0.2) is 4.98 Å². The Kier molecular flexibility index (Phi) is 4.77. The molecule has 0 spiro atoms. The topological polar surface area (TPSA) is 39.6 Å². The fourth-order valence-electron chi connectivity index (χ4n) is 2.73. The highest BCUT2D eigenvalue weighted by atomic mass is 16.3. The zero-order valence-electron chi connectivity index (χ0n) is 12.3. The van der Waals surface area contributed by atoms with Crippen LogP contribution in [-0.2, 0) is 6.61 Å². The normalized spacial score (nSPS) is 17.7. The molecule has 0 amide bonds. The Morgan fingerprint density at radius 3 is 2.68 bits per heavy atom. The number of likely N-dealkylation sites (tertiary alicyclic amines) is 1. The highest BCUT2D eigenvalue weighted by Gasteiger charge is 2.18. The van der Waals surface area contributed by atoms with Gasteiger partial charge in [0, 0.05) is 19.3 Å². The molecule has 1 aromatic rings. The molecular weight excluding hydrogens is 238 g/mol.